The smallest absolute Gasteiger partial charge is 0.0613 e. The molecule has 0 aliphatic heterocycles. The van der Waals surface area contributed by atoms with Crippen molar-refractivity contribution in [2.45, 2.75) is 41.9 Å². The van der Waals surface area contributed by atoms with E-state index in [4.69, 9.17) is 11.6 Å². The van der Waals surface area contributed by atoms with Crippen LogP contribution in [-0.2, 0) is 0 Å². The summed E-state index contributed by atoms with van der Waals surface area (Å²) in [5.41, 5.74) is -0.0567. The van der Waals surface area contributed by atoms with Gasteiger partial charge in [-0.15, -0.1) is 11.8 Å². The van der Waals surface area contributed by atoms with Crippen molar-refractivity contribution in [2.24, 2.45) is 0 Å². The molecule has 1 aromatic rings. The standard InChI is InChI=1S/C14H20ClNOS/c1-2-16-14(10-17)8-7-13(9-14)18-12-5-3-11(15)4-6-12/h3-6,13,16-17H,2,7-10H2,1H3. The van der Waals surface area contributed by atoms with E-state index in [1.54, 1.807) is 0 Å². The third-order valence-electron chi connectivity index (χ3n) is 3.53. The fourth-order valence-corrected chi connectivity index (χ4v) is 4.06. The zero-order valence-corrected chi connectivity index (χ0v) is 12.2. The van der Waals surface area contributed by atoms with Crippen molar-refractivity contribution in [2.75, 3.05) is 13.2 Å². The number of halogens is 1. The Morgan fingerprint density at radius 1 is 1.44 bits per heavy atom. The highest BCUT2D eigenvalue weighted by Crippen LogP contribution is 2.40. The molecule has 100 valence electrons. The lowest BCUT2D eigenvalue weighted by atomic mass is 9.99. The van der Waals surface area contributed by atoms with E-state index >= 15 is 0 Å². The molecule has 0 spiro atoms. The minimum Gasteiger partial charge on any atom is -0.394 e. The predicted molar refractivity (Wildman–Crippen MR) is 78.4 cm³/mol. The first-order chi connectivity index (χ1) is 8.67. The Bertz CT molecular complexity index is 384. The molecule has 1 fully saturated rings. The minimum atomic E-state index is -0.0567. The highest BCUT2D eigenvalue weighted by Gasteiger charge is 2.38. The average Bonchev–Trinajstić information content (AvgIpc) is 2.77. The van der Waals surface area contributed by atoms with E-state index < -0.39 is 0 Å². The van der Waals surface area contributed by atoms with Gasteiger partial charge in [0.2, 0.25) is 0 Å². The van der Waals surface area contributed by atoms with Gasteiger partial charge in [0.15, 0.2) is 0 Å². The van der Waals surface area contributed by atoms with Gasteiger partial charge >= 0.3 is 0 Å². The van der Waals surface area contributed by atoms with Crippen molar-refractivity contribution in [3.63, 3.8) is 0 Å². The van der Waals surface area contributed by atoms with Gasteiger partial charge in [0.25, 0.3) is 0 Å². The highest BCUT2D eigenvalue weighted by molar-refractivity contribution is 8.00. The molecule has 0 bridgehead atoms. The second-order valence-electron chi connectivity index (χ2n) is 4.91. The lowest BCUT2D eigenvalue weighted by molar-refractivity contribution is 0.167. The second kappa shape index (κ2) is 6.29. The molecule has 1 aromatic carbocycles. The van der Waals surface area contributed by atoms with E-state index in [9.17, 15) is 5.11 Å². The van der Waals surface area contributed by atoms with E-state index in [0.717, 1.165) is 30.8 Å². The summed E-state index contributed by atoms with van der Waals surface area (Å²) in [6.07, 6.45) is 3.24. The molecule has 18 heavy (non-hydrogen) atoms. The van der Waals surface area contributed by atoms with Gasteiger partial charge in [-0.25, -0.2) is 0 Å². The van der Waals surface area contributed by atoms with E-state index in [-0.39, 0.29) is 12.1 Å². The first kappa shape index (κ1) is 14.2. The Hall–Kier alpha value is -0.220. The second-order valence-corrected chi connectivity index (χ2v) is 6.72. The fraction of sp³-hybridized carbons (Fsp3) is 0.571. The van der Waals surface area contributed by atoms with Crippen LogP contribution in [0.1, 0.15) is 26.2 Å². The third kappa shape index (κ3) is 3.41. The van der Waals surface area contributed by atoms with Gasteiger partial charge in [-0.3, -0.25) is 0 Å². The zero-order valence-electron chi connectivity index (χ0n) is 10.7. The van der Waals surface area contributed by atoms with Gasteiger partial charge in [0.1, 0.15) is 0 Å². The number of likely N-dealkylation sites (N-methyl/N-ethyl adjacent to an activating group) is 1. The molecule has 0 amide bonds. The van der Waals surface area contributed by atoms with Crippen molar-refractivity contribution < 1.29 is 5.11 Å². The Kier molecular flexibility index (Phi) is 4.96. The summed E-state index contributed by atoms with van der Waals surface area (Å²) in [4.78, 5) is 1.26. The average molecular weight is 286 g/mol. The summed E-state index contributed by atoms with van der Waals surface area (Å²) in [6, 6.07) is 8.00. The van der Waals surface area contributed by atoms with Crippen LogP contribution in [0.3, 0.4) is 0 Å². The molecular weight excluding hydrogens is 266 g/mol. The summed E-state index contributed by atoms with van der Waals surface area (Å²) in [5, 5.41) is 14.4. The number of aliphatic hydroxyl groups is 1. The van der Waals surface area contributed by atoms with Gasteiger partial charge in [-0.1, -0.05) is 18.5 Å². The maximum Gasteiger partial charge on any atom is 0.0613 e. The van der Waals surface area contributed by atoms with Crippen LogP contribution in [0, 0.1) is 0 Å². The van der Waals surface area contributed by atoms with E-state index in [0.29, 0.717) is 5.25 Å². The quantitative estimate of drug-likeness (QED) is 0.870. The van der Waals surface area contributed by atoms with Crippen molar-refractivity contribution >= 4 is 23.4 Å². The minimum absolute atomic E-state index is 0.0567. The summed E-state index contributed by atoms with van der Waals surface area (Å²) in [7, 11) is 0. The number of rotatable bonds is 5. The highest BCUT2D eigenvalue weighted by atomic mass is 35.5. The number of benzene rings is 1. The van der Waals surface area contributed by atoms with Crippen LogP contribution in [0.25, 0.3) is 0 Å². The topological polar surface area (TPSA) is 32.3 Å². The van der Waals surface area contributed by atoms with E-state index in [1.807, 2.05) is 23.9 Å². The first-order valence-corrected chi connectivity index (χ1v) is 7.71. The fourth-order valence-electron chi connectivity index (χ4n) is 2.62. The van der Waals surface area contributed by atoms with E-state index in [2.05, 4.69) is 24.4 Å². The van der Waals surface area contributed by atoms with Crippen molar-refractivity contribution in [1.29, 1.82) is 0 Å². The molecule has 1 saturated carbocycles. The molecule has 0 aromatic heterocycles. The Balaban J connectivity index is 1.94. The normalized spacial score (nSPS) is 27.6. The van der Waals surface area contributed by atoms with E-state index in [1.165, 1.54) is 4.90 Å². The van der Waals surface area contributed by atoms with Gasteiger partial charge in [-0.2, -0.15) is 0 Å². The van der Waals surface area contributed by atoms with Gasteiger partial charge in [0.05, 0.1) is 6.61 Å². The Labute approximate surface area is 118 Å². The maximum absolute atomic E-state index is 9.58. The molecule has 2 nitrogen and oxygen atoms in total. The number of hydrogen-bond acceptors (Lipinski definition) is 3. The molecule has 1 aliphatic rings. The largest absolute Gasteiger partial charge is 0.394 e. The lowest BCUT2D eigenvalue weighted by Crippen LogP contribution is -2.46. The van der Waals surface area contributed by atoms with Gasteiger partial charge in [0, 0.05) is 20.7 Å². The number of hydrogen-bond donors (Lipinski definition) is 2. The molecule has 0 heterocycles. The summed E-state index contributed by atoms with van der Waals surface area (Å²) in [6.45, 7) is 3.24. The molecule has 2 N–H and O–H groups in total. The van der Waals surface area contributed by atoms with Gasteiger partial charge in [-0.05, 0) is 50.1 Å². The lowest BCUT2D eigenvalue weighted by Gasteiger charge is -2.28. The Morgan fingerprint density at radius 3 is 2.78 bits per heavy atom. The molecule has 0 saturated heterocycles. The molecule has 4 heteroatoms. The molecule has 0 radical (unpaired) electrons. The predicted octanol–water partition coefficient (Wildman–Crippen LogP) is 3.33. The van der Waals surface area contributed by atoms with Gasteiger partial charge < -0.3 is 10.4 Å². The van der Waals surface area contributed by atoms with Crippen molar-refractivity contribution in [3.05, 3.63) is 29.3 Å². The summed E-state index contributed by atoms with van der Waals surface area (Å²) in [5.74, 6) is 0. The first-order valence-electron chi connectivity index (χ1n) is 6.45. The van der Waals surface area contributed by atoms with Crippen LogP contribution in [-0.4, -0.2) is 29.0 Å². The van der Waals surface area contributed by atoms with Crippen LogP contribution in [0.5, 0.6) is 0 Å². The zero-order chi connectivity index (χ0) is 13.0. The number of aliphatic hydroxyl groups excluding tert-OH is 1. The van der Waals surface area contributed by atoms with Crippen molar-refractivity contribution in [1.82, 2.24) is 5.32 Å². The van der Waals surface area contributed by atoms with Crippen LogP contribution in [0.2, 0.25) is 5.02 Å². The molecule has 2 rings (SSSR count). The Morgan fingerprint density at radius 2 is 2.17 bits per heavy atom. The molecule has 2 atom stereocenters. The molecule has 2 unspecified atom stereocenters. The monoisotopic (exact) mass is 285 g/mol. The van der Waals surface area contributed by atoms with Crippen LogP contribution >= 0.6 is 23.4 Å². The van der Waals surface area contributed by atoms with Crippen molar-refractivity contribution in [3.8, 4) is 0 Å². The van der Waals surface area contributed by atoms with Crippen LogP contribution in [0.4, 0.5) is 0 Å². The summed E-state index contributed by atoms with van der Waals surface area (Å²) < 4.78 is 0. The SMILES string of the molecule is CCNC1(CO)CCC(Sc2ccc(Cl)cc2)C1. The third-order valence-corrected chi connectivity index (χ3v) is 5.07. The summed E-state index contributed by atoms with van der Waals surface area (Å²) >= 11 is 7.78. The number of nitrogens with one attached hydrogen (secondary N) is 1. The van der Waals surface area contributed by atoms with Crippen LogP contribution < -0.4 is 5.32 Å². The number of thioether (sulfide) groups is 1. The molecule has 1 aliphatic carbocycles. The maximum atomic E-state index is 9.58. The molecular formula is C14H20ClNOS. The van der Waals surface area contributed by atoms with Crippen LogP contribution in [0.15, 0.2) is 29.2 Å².